The highest BCUT2D eigenvalue weighted by Crippen LogP contribution is 2.23. The quantitative estimate of drug-likeness (QED) is 0.740. The molecule has 0 atom stereocenters. The fourth-order valence-corrected chi connectivity index (χ4v) is 4.72. The van der Waals surface area contributed by atoms with Crippen molar-refractivity contribution < 1.29 is 26.7 Å². The van der Waals surface area contributed by atoms with Crippen LogP contribution in [-0.4, -0.2) is 56.3 Å². The van der Waals surface area contributed by atoms with Gasteiger partial charge in [-0.15, -0.1) is 0 Å². The van der Waals surface area contributed by atoms with Gasteiger partial charge in [0.15, 0.2) is 6.61 Å². The summed E-state index contributed by atoms with van der Waals surface area (Å²) in [4.78, 5) is 13.4. The first-order valence-corrected chi connectivity index (χ1v) is 10.6. The summed E-state index contributed by atoms with van der Waals surface area (Å²) in [6.45, 7) is 4.01. The Morgan fingerprint density at radius 1 is 1.03 bits per heavy atom. The third-order valence-corrected chi connectivity index (χ3v) is 6.78. The molecule has 1 amide bonds. The monoisotopic (exact) mass is 424 g/mol. The number of ether oxygens (including phenoxy) is 1. The van der Waals surface area contributed by atoms with Crippen molar-refractivity contribution in [2.24, 2.45) is 0 Å². The smallest absolute Gasteiger partial charge is 0.260 e. The van der Waals surface area contributed by atoms with Crippen LogP contribution in [-0.2, 0) is 14.8 Å². The molecule has 0 saturated carbocycles. The molecule has 9 heteroatoms. The van der Waals surface area contributed by atoms with Crippen molar-refractivity contribution >= 4 is 15.9 Å². The Balaban J connectivity index is 1.60. The second-order valence-corrected chi connectivity index (χ2v) is 8.78. The zero-order valence-electron chi connectivity index (χ0n) is 16.2. The molecule has 2 aromatic carbocycles. The van der Waals surface area contributed by atoms with Crippen LogP contribution in [0, 0.1) is 25.5 Å². The Labute approximate surface area is 168 Å². The van der Waals surface area contributed by atoms with Crippen molar-refractivity contribution in [1.29, 1.82) is 0 Å². The van der Waals surface area contributed by atoms with Gasteiger partial charge in [-0.1, -0.05) is 18.2 Å². The number of benzene rings is 2. The van der Waals surface area contributed by atoms with Gasteiger partial charge in [-0.05, 0) is 37.1 Å². The number of carbonyl (C=O) groups is 1. The largest absolute Gasteiger partial charge is 0.483 e. The SMILES string of the molecule is Cc1cccc(C)c1OCC(=O)N1CCN(S(=O)(=O)c2ccc(F)cc2F)CC1. The normalized spacial score (nSPS) is 15.4. The lowest BCUT2D eigenvalue weighted by molar-refractivity contribution is -0.134. The first-order valence-electron chi connectivity index (χ1n) is 9.12. The third kappa shape index (κ3) is 4.56. The molecule has 0 aliphatic carbocycles. The average Bonchev–Trinajstić information content (AvgIpc) is 2.67. The Kier molecular flexibility index (Phi) is 6.18. The van der Waals surface area contributed by atoms with E-state index >= 15 is 0 Å². The van der Waals surface area contributed by atoms with Gasteiger partial charge in [0.25, 0.3) is 5.91 Å². The summed E-state index contributed by atoms with van der Waals surface area (Å²) in [7, 11) is -4.10. The molecule has 2 aromatic rings. The van der Waals surface area contributed by atoms with Gasteiger partial charge in [-0.25, -0.2) is 17.2 Å². The summed E-state index contributed by atoms with van der Waals surface area (Å²) in [6.07, 6.45) is 0. The lowest BCUT2D eigenvalue weighted by atomic mass is 10.1. The summed E-state index contributed by atoms with van der Waals surface area (Å²) >= 11 is 0. The summed E-state index contributed by atoms with van der Waals surface area (Å²) in [5, 5.41) is 0. The minimum Gasteiger partial charge on any atom is -0.483 e. The molecule has 1 aliphatic rings. The van der Waals surface area contributed by atoms with Crippen molar-refractivity contribution in [3.8, 4) is 5.75 Å². The lowest BCUT2D eigenvalue weighted by Crippen LogP contribution is -2.51. The number of rotatable bonds is 5. The molecule has 1 aliphatic heterocycles. The van der Waals surface area contributed by atoms with Gasteiger partial charge in [-0.2, -0.15) is 4.31 Å². The van der Waals surface area contributed by atoms with Crippen LogP contribution in [0.4, 0.5) is 8.78 Å². The van der Waals surface area contributed by atoms with Gasteiger partial charge in [0.1, 0.15) is 22.3 Å². The van der Waals surface area contributed by atoms with Crippen LogP contribution >= 0.6 is 0 Å². The van der Waals surface area contributed by atoms with Gasteiger partial charge >= 0.3 is 0 Å². The van der Waals surface area contributed by atoms with E-state index in [1.807, 2.05) is 32.0 Å². The number of halogens is 2. The molecule has 1 heterocycles. The summed E-state index contributed by atoms with van der Waals surface area (Å²) in [5.41, 5.74) is 1.85. The number of piperazine rings is 1. The van der Waals surface area contributed by atoms with E-state index in [0.717, 1.165) is 27.6 Å². The van der Waals surface area contributed by atoms with Crippen molar-refractivity contribution in [2.45, 2.75) is 18.7 Å². The minimum atomic E-state index is -4.10. The maximum atomic E-state index is 13.9. The van der Waals surface area contributed by atoms with Crippen LogP contribution in [0.25, 0.3) is 0 Å². The number of aryl methyl sites for hydroxylation is 2. The maximum Gasteiger partial charge on any atom is 0.260 e. The molecule has 6 nitrogen and oxygen atoms in total. The molecule has 3 rings (SSSR count). The Morgan fingerprint density at radius 3 is 2.24 bits per heavy atom. The van der Waals surface area contributed by atoms with Crippen LogP contribution < -0.4 is 4.74 Å². The van der Waals surface area contributed by atoms with E-state index in [0.29, 0.717) is 11.8 Å². The second kappa shape index (κ2) is 8.46. The fourth-order valence-electron chi connectivity index (χ4n) is 3.25. The maximum absolute atomic E-state index is 13.9. The average molecular weight is 424 g/mol. The molecular weight excluding hydrogens is 402 g/mol. The first-order chi connectivity index (χ1) is 13.7. The molecule has 29 heavy (non-hydrogen) atoms. The molecule has 156 valence electrons. The van der Waals surface area contributed by atoms with Crippen LogP contribution in [0.15, 0.2) is 41.3 Å². The fraction of sp³-hybridized carbons (Fsp3) is 0.350. The van der Waals surface area contributed by atoms with Crippen molar-refractivity contribution in [2.75, 3.05) is 32.8 Å². The van der Waals surface area contributed by atoms with E-state index < -0.39 is 26.6 Å². The highest BCUT2D eigenvalue weighted by Gasteiger charge is 2.32. The highest BCUT2D eigenvalue weighted by molar-refractivity contribution is 7.89. The first kappa shape index (κ1) is 21.2. The predicted molar refractivity (Wildman–Crippen MR) is 103 cm³/mol. The number of sulfonamides is 1. The molecule has 0 spiro atoms. The number of carbonyl (C=O) groups excluding carboxylic acids is 1. The topological polar surface area (TPSA) is 66.9 Å². The third-order valence-electron chi connectivity index (χ3n) is 4.85. The molecule has 1 saturated heterocycles. The van der Waals surface area contributed by atoms with Crippen LogP contribution in [0.1, 0.15) is 11.1 Å². The van der Waals surface area contributed by atoms with Crippen LogP contribution in [0.3, 0.4) is 0 Å². The number of hydrogen-bond acceptors (Lipinski definition) is 4. The minimum absolute atomic E-state index is 0.0221. The lowest BCUT2D eigenvalue weighted by Gasteiger charge is -2.34. The Morgan fingerprint density at radius 2 is 1.66 bits per heavy atom. The standard InChI is InChI=1S/C20H22F2N2O4S/c1-14-4-3-5-15(2)20(14)28-13-19(25)23-8-10-24(11-9-23)29(26,27)18-7-6-16(21)12-17(18)22/h3-7,12H,8-11,13H2,1-2H3. The van der Waals surface area contributed by atoms with Gasteiger partial charge in [0.05, 0.1) is 0 Å². The highest BCUT2D eigenvalue weighted by atomic mass is 32.2. The Bertz CT molecular complexity index is 999. The summed E-state index contributed by atoms with van der Waals surface area (Å²) in [5.74, 6) is -1.57. The predicted octanol–water partition coefficient (Wildman–Crippen LogP) is 2.49. The zero-order chi connectivity index (χ0) is 21.2. The number of nitrogens with zero attached hydrogens (tertiary/aromatic N) is 2. The molecule has 0 unspecified atom stereocenters. The van der Waals surface area contributed by atoms with Crippen molar-refractivity contribution in [3.05, 3.63) is 59.2 Å². The number of hydrogen-bond donors (Lipinski definition) is 0. The van der Waals surface area contributed by atoms with E-state index in [1.54, 1.807) is 0 Å². The van der Waals surface area contributed by atoms with Crippen LogP contribution in [0.5, 0.6) is 5.75 Å². The van der Waals surface area contributed by atoms with Crippen LogP contribution in [0.2, 0.25) is 0 Å². The molecular formula is C20H22F2N2O4S. The van der Waals surface area contributed by atoms with E-state index in [4.69, 9.17) is 4.74 Å². The number of para-hydroxylation sites is 1. The van der Waals surface area contributed by atoms with Crippen molar-refractivity contribution in [1.82, 2.24) is 9.21 Å². The van der Waals surface area contributed by atoms with Gasteiger partial charge in [0, 0.05) is 32.2 Å². The second-order valence-electron chi connectivity index (χ2n) is 6.87. The molecule has 0 N–H and O–H groups in total. The van der Waals surface area contributed by atoms with E-state index in [1.165, 1.54) is 4.90 Å². The van der Waals surface area contributed by atoms with Gasteiger partial charge < -0.3 is 9.64 Å². The van der Waals surface area contributed by atoms with E-state index in [9.17, 15) is 22.0 Å². The Hall–Kier alpha value is -2.52. The van der Waals surface area contributed by atoms with E-state index in [2.05, 4.69) is 0 Å². The van der Waals surface area contributed by atoms with E-state index in [-0.39, 0.29) is 38.7 Å². The van der Waals surface area contributed by atoms with Gasteiger partial charge in [-0.3, -0.25) is 4.79 Å². The molecule has 0 aromatic heterocycles. The zero-order valence-corrected chi connectivity index (χ0v) is 17.0. The molecule has 0 bridgehead atoms. The summed E-state index contributed by atoms with van der Waals surface area (Å²) < 4.78 is 59.0. The molecule has 0 radical (unpaired) electrons. The van der Waals surface area contributed by atoms with Crippen molar-refractivity contribution in [3.63, 3.8) is 0 Å². The number of amides is 1. The molecule has 1 fully saturated rings. The van der Waals surface area contributed by atoms with Gasteiger partial charge in [0.2, 0.25) is 10.0 Å². The summed E-state index contributed by atoms with van der Waals surface area (Å²) in [6, 6.07) is 8.05.